The van der Waals surface area contributed by atoms with Crippen molar-refractivity contribution >= 4 is 29.4 Å². The van der Waals surface area contributed by atoms with E-state index in [9.17, 15) is 27.9 Å². The Kier molecular flexibility index (Phi) is 8.64. The van der Waals surface area contributed by atoms with Gasteiger partial charge >= 0.3 is 18.3 Å². The van der Waals surface area contributed by atoms with Gasteiger partial charge < -0.3 is 40.3 Å². The van der Waals surface area contributed by atoms with Crippen molar-refractivity contribution in [2.75, 3.05) is 67.6 Å². The van der Waals surface area contributed by atoms with Gasteiger partial charge in [0.15, 0.2) is 0 Å². The molecule has 3 aliphatic rings. The second kappa shape index (κ2) is 12.2. The molecule has 0 bridgehead atoms. The summed E-state index contributed by atoms with van der Waals surface area (Å²) in [7, 11) is 0. The van der Waals surface area contributed by atoms with E-state index in [1.165, 1.54) is 4.90 Å². The first kappa shape index (κ1) is 29.7. The number of hydrogen-bond acceptors (Lipinski definition) is 8. The van der Waals surface area contributed by atoms with E-state index in [0.717, 1.165) is 16.7 Å². The zero-order valence-corrected chi connectivity index (χ0v) is 23.3. The van der Waals surface area contributed by atoms with Gasteiger partial charge in [0.1, 0.15) is 23.8 Å². The minimum Gasteiger partial charge on any atom is -0.442 e. The van der Waals surface area contributed by atoms with Crippen LogP contribution in [0.2, 0.25) is 0 Å². The van der Waals surface area contributed by atoms with Gasteiger partial charge in [-0.3, -0.25) is 0 Å². The van der Waals surface area contributed by atoms with E-state index in [4.69, 9.17) is 20.2 Å². The zero-order chi connectivity index (χ0) is 30.0. The Morgan fingerprint density at radius 3 is 2.50 bits per heavy atom. The summed E-state index contributed by atoms with van der Waals surface area (Å²) in [6.45, 7) is 5.07. The number of anilines is 3. The minimum atomic E-state index is -4.25. The molecule has 4 N–H and O–H groups in total. The van der Waals surface area contributed by atoms with Crippen LogP contribution in [0.4, 0.5) is 40.1 Å². The van der Waals surface area contributed by atoms with Crippen molar-refractivity contribution in [1.82, 2.24) is 9.88 Å². The lowest BCUT2D eigenvalue weighted by Crippen LogP contribution is -2.37. The SMILES string of the molecule is Cc1ccc(NC(=O)N2CC[C@@H](CC(F)(F)F)C2)cc1-c1cc(N2CCOCC2)nc(N2C[C@H](OC(N)=O)[C@@H](O)C2)c1. The minimum absolute atomic E-state index is 0.0584. The summed E-state index contributed by atoms with van der Waals surface area (Å²) in [5.74, 6) is 0.682. The first-order valence-corrected chi connectivity index (χ1v) is 13.9. The van der Waals surface area contributed by atoms with E-state index in [-0.39, 0.29) is 26.2 Å². The Labute approximate surface area is 241 Å². The number of aromatic nitrogens is 1. The maximum atomic E-state index is 12.9. The van der Waals surface area contributed by atoms with Crippen molar-refractivity contribution in [3.63, 3.8) is 0 Å². The predicted molar refractivity (Wildman–Crippen MR) is 149 cm³/mol. The quantitative estimate of drug-likeness (QED) is 0.465. The number of aliphatic hydroxyl groups is 1. The van der Waals surface area contributed by atoms with Gasteiger partial charge in [0.2, 0.25) is 0 Å². The summed E-state index contributed by atoms with van der Waals surface area (Å²) in [5.41, 5.74) is 8.26. The highest BCUT2D eigenvalue weighted by molar-refractivity contribution is 5.91. The number of aliphatic hydroxyl groups excluding tert-OH is 1. The number of β-amino-alcohol motifs (C(OH)–C–C–N with tert-alkyl or cyclic N) is 1. The molecular weight excluding hydrogens is 557 g/mol. The van der Waals surface area contributed by atoms with Crippen molar-refractivity contribution in [3.05, 3.63) is 35.9 Å². The number of nitrogens with zero attached hydrogens (tertiary/aromatic N) is 4. The molecular formula is C28H35F3N6O5. The third-order valence-electron chi connectivity index (χ3n) is 7.85. The highest BCUT2D eigenvalue weighted by Gasteiger charge is 2.37. The number of aryl methyl sites for hydroxylation is 1. The molecule has 11 nitrogen and oxygen atoms in total. The van der Waals surface area contributed by atoms with Crippen molar-refractivity contribution in [2.45, 2.75) is 38.1 Å². The summed E-state index contributed by atoms with van der Waals surface area (Å²) < 4.78 is 49.0. The van der Waals surface area contributed by atoms with Crippen LogP contribution in [-0.4, -0.2) is 98.0 Å². The third kappa shape index (κ3) is 7.16. The van der Waals surface area contributed by atoms with Crippen LogP contribution >= 0.6 is 0 Å². The molecule has 3 aliphatic heterocycles. The van der Waals surface area contributed by atoms with Gasteiger partial charge in [-0.25, -0.2) is 14.6 Å². The smallest absolute Gasteiger partial charge is 0.404 e. The molecule has 42 heavy (non-hydrogen) atoms. The Morgan fingerprint density at radius 2 is 1.81 bits per heavy atom. The number of ether oxygens (including phenoxy) is 2. The largest absolute Gasteiger partial charge is 0.442 e. The number of carbonyl (C=O) groups excluding carboxylic acids is 2. The number of hydrogen-bond donors (Lipinski definition) is 3. The number of carbonyl (C=O) groups is 2. The average molecular weight is 593 g/mol. The average Bonchev–Trinajstić information content (AvgIpc) is 3.55. The topological polar surface area (TPSA) is 133 Å². The molecule has 3 amide bonds. The van der Waals surface area contributed by atoms with Gasteiger partial charge in [0, 0.05) is 44.8 Å². The van der Waals surface area contributed by atoms with E-state index in [1.807, 2.05) is 36.1 Å². The number of rotatable bonds is 6. The van der Waals surface area contributed by atoms with Crippen LogP contribution in [0.3, 0.4) is 0 Å². The number of benzene rings is 1. The van der Waals surface area contributed by atoms with Gasteiger partial charge in [-0.05, 0) is 60.2 Å². The standard InChI is InChI=1S/C28H35F3N6O5/c1-17-2-3-20(33-27(40)36-5-4-18(14-36)13-28(29,30)31)12-21(17)19-10-24(35-6-8-41-9-7-35)34-25(11-19)37-15-22(38)23(16-37)42-26(32)39/h2-3,10-12,18,22-23,38H,4-9,13-16H2,1H3,(H2,32,39)(H,33,40)/t18-,22-,23-/m0/s1. The molecule has 0 saturated carbocycles. The predicted octanol–water partition coefficient (Wildman–Crippen LogP) is 3.34. The summed E-state index contributed by atoms with van der Waals surface area (Å²) >= 11 is 0. The lowest BCUT2D eigenvalue weighted by molar-refractivity contribution is -0.143. The van der Waals surface area contributed by atoms with Crippen molar-refractivity contribution in [1.29, 1.82) is 0 Å². The number of halogens is 3. The van der Waals surface area contributed by atoms with Crippen LogP contribution in [0.1, 0.15) is 18.4 Å². The highest BCUT2D eigenvalue weighted by Crippen LogP contribution is 2.34. The van der Waals surface area contributed by atoms with E-state index >= 15 is 0 Å². The normalized spacial score (nSPS) is 22.9. The summed E-state index contributed by atoms with van der Waals surface area (Å²) in [6.07, 6.45) is -7.53. The molecule has 0 radical (unpaired) electrons. The molecule has 0 spiro atoms. The van der Waals surface area contributed by atoms with E-state index in [2.05, 4.69) is 10.2 Å². The Morgan fingerprint density at radius 1 is 1.10 bits per heavy atom. The number of likely N-dealkylation sites (tertiary alicyclic amines) is 1. The van der Waals surface area contributed by atoms with Gasteiger partial charge in [-0.2, -0.15) is 13.2 Å². The van der Waals surface area contributed by atoms with Crippen molar-refractivity contribution in [3.8, 4) is 11.1 Å². The highest BCUT2D eigenvalue weighted by atomic mass is 19.4. The zero-order valence-electron chi connectivity index (χ0n) is 23.3. The van der Waals surface area contributed by atoms with Crippen LogP contribution in [0.25, 0.3) is 11.1 Å². The Balaban J connectivity index is 1.40. The third-order valence-corrected chi connectivity index (χ3v) is 7.85. The Hall–Kier alpha value is -3.78. The molecule has 1 aromatic heterocycles. The number of alkyl halides is 3. The molecule has 3 atom stereocenters. The second-order valence-corrected chi connectivity index (χ2v) is 11.0. The van der Waals surface area contributed by atoms with E-state index in [1.54, 1.807) is 6.07 Å². The summed E-state index contributed by atoms with van der Waals surface area (Å²) in [5, 5.41) is 13.3. The molecule has 1 aromatic carbocycles. The monoisotopic (exact) mass is 592 g/mol. The van der Waals surface area contributed by atoms with Crippen molar-refractivity contribution in [2.24, 2.45) is 11.7 Å². The fourth-order valence-electron chi connectivity index (χ4n) is 5.71. The molecule has 5 rings (SSSR count). The lowest BCUT2D eigenvalue weighted by atomic mass is 10.00. The maximum absolute atomic E-state index is 12.9. The summed E-state index contributed by atoms with van der Waals surface area (Å²) in [4.78, 5) is 34.4. The molecule has 0 unspecified atom stereocenters. The van der Waals surface area contributed by atoms with E-state index in [0.29, 0.717) is 50.0 Å². The van der Waals surface area contributed by atoms with Gasteiger partial charge in [0.25, 0.3) is 0 Å². The first-order valence-electron chi connectivity index (χ1n) is 13.9. The molecule has 14 heteroatoms. The fraction of sp³-hybridized carbons (Fsp3) is 0.536. The first-order chi connectivity index (χ1) is 19.9. The lowest BCUT2D eigenvalue weighted by Gasteiger charge is -2.29. The number of urea groups is 1. The Bertz CT molecular complexity index is 1310. The number of primary amides is 1. The molecule has 2 aromatic rings. The number of nitrogens with one attached hydrogen (secondary N) is 1. The molecule has 3 saturated heterocycles. The molecule has 4 heterocycles. The van der Waals surface area contributed by atoms with Crippen LogP contribution < -0.4 is 20.9 Å². The molecule has 228 valence electrons. The van der Waals surface area contributed by atoms with Crippen LogP contribution in [0.5, 0.6) is 0 Å². The van der Waals surface area contributed by atoms with Crippen LogP contribution in [-0.2, 0) is 9.47 Å². The molecule has 0 aliphatic carbocycles. The van der Waals surface area contributed by atoms with Gasteiger partial charge in [-0.15, -0.1) is 0 Å². The number of morpholine rings is 1. The number of amides is 3. The second-order valence-electron chi connectivity index (χ2n) is 11.0. The number of pyridine rings is 1. The van der Waals surface area contributed by atoms with Gasteiger partial charge in [0.05, 0.1) is 19.8 Å². The van der Waals surface area contributed by atoms with Crippen LogP contribution in [0.15, 0.2) is 30.3 Å². The van der Waals surface area contributed by atoms with E-state index < -0.39 is 42.8 Å². The number of nitrogens with two attached hydrogens (primary N) is 1. The molecule has 3 fully saturated rings. The van der Waals surface area contributed by atoms with Crippen LogP contribution in [0, 0.1) is 12.8 Å². The summed E-state index contributed by atoms with van der Waals surface area (Å²) in [6, 6.07) is 8.84. The van der Waals surface area contributed by atoms with Gasteiger partial charge in [-0.1, -0.05) is 6.07 Å². The fourth-order valence-corrected chi connectivity index (χ4v) is 5.71. The van der Waals surface area contributed by atoms with Crippen molar-refractivity contribution < 1.29 is 37.3 Å². The maximum Gasteiger partial charge on any atom is 0.404 e.